The summed E-state index contributed by atoms with van der Waals surface area (Å²) in [6.07, 6.45) is 4.89. The van der Waals surface area contributed by atoms with Gasteiger partial charge < -0.3 is 15.3 Å². The fourth-order valence-electron chi connectivity index (χ4n) is 3.46. The molecule has 1 aliphatic heterocycles. The van der Waals surface area contributed by atoms with E-state index in [0.29, 0.717) is 5.95 Å². The van der Waals surface area contributed by atoms with E-state index in [0.717, 1.165) is 35.5 Å². The second-order valence-corrected chi connectivity index (χ2v) is 6.80. The second-order valence-electron chi connectivity index (χ2n) is 6.80. The molecule has 0 atom stereocenters. The number of carboxylic acids is 1. The van der Waals surface area contributed by atoms with Crippen LogP contribution in [0.4, 0.5) is 17.5 Å². The highest BCUT2D eigenvalue weighted by molar-refractivity contribution is 5.91. The summed E-state index contributed by atoms with van der Waals surface area (Å²) in [6.45, 7) is 2.02. The Morgan fingerprint density at radius 3 is 2.33 bits per heavy atom. The first kappa shape index (κ1) is 17.3. The van der Waals surface area contributed by atoms with Crippen molar-refractivity contribution < 1.29 is 9.90 Å². The number of rotatable bonds is 4. The molecule has 138 valence electrons. The average molecular weight is 362 g/mol. The maximum absolute atomic E-state index is 11.0. The van der Waals surface area contributed by atoms with Crippen LogP contribution in [0.25, 0.3) is 10.9 Å². The molecule has 0 spiro atoms. The molecule has 6 nitrogen and oxygen atoms in total. The smallest absolute Gasteiger partial charge is 0.335 e. The predicted octanol–water partition coefficient (Wildman–Crippen LogP) is 4.45. The van der Waals surface area contributed by atoms with Crippen LogP contribution < -0.4 is 10.2 Å². The standard InChI is InChI=1S/C21H22N4O2/c26-20(27)15-9-11-16(12-10-15)22-21-23-18-8-4-3-7-17(18)19(24-21)25-13-5-1-2-6-14-25/h3-4,7-12H,1-2,5-6,13-14H2,(H,26,27)(H,22,23,24). The summed E-state index contributed by atoms with van der Waals surface area (Å²) in [7, 11) is 0. The third-order valence-corrected chi connectivity index (χ3v) is 4.88. The molecule has 0 radical (unpaired) electrons. The Hall–Kier alpha value is -3.15. The molecule has 1 aromatic heterocycles. The average Bonchev–Trinajstić information content (AvgIpc) is 2.97. The number of carbonyl (C=O) groups is 1. The minimum atomic E-state index is -0.938. The van der Waals surface area contributed by atoms with Crippen molar-refractivity contribution in [2.24, 2.45) is 0 Å². The monoisotopic (exact) mass is 362 g/mol. The number of aromatic carboxylic acids is 1. The van der Waals surface area contributed by atoms with Gasteiger partial charge in [0.1, 0.15) is 5.82 Å². The van der Waals surface area contributed by atoms with Gasteiger partial charge in [0.15, 0.2) is 0 Å². The molecule has 1 fully saturated rings. The molecule has 0 bridgehead atoms. The van der Waals surface area contributed by atoms with E-state index in [2.05, 4.69) is 21.3 Å². The number of nitrogens with zero attached hydrogens (tertiary/aromatic N) is 3. The molecular formula is C21H22N4O2. The highest BCUT2D eigenvalue weighted by atomic mass is 16.4. The summed E-state index contributed by atoms with van der Waals surface area (Å²) < 4.78 is 0. The van der Waals surface area contributed by atoms with Crippen LogP contribution in [0.2, 0.25) is 0 Å². The number of hydrogen-bond donors (Lipinski definition) is 2. The Labute approximate surface area is 157 Å². The minimum absolute atomic E-state index is 0.255. The number of anilines is 3. The third kappa shape index (κ3) is 3.84. The Morgan fingerprint density at radius 1 is 0.926 bits per heavy atom. The molecule has 6 heteroatoms. The predicted molar refractivity (Wildman–Crippen MR) is 107 cm³/mol. The lowest BCUT2D eigenvalue weighted by Crippen LogP contribution is -2.25. The zero-order valence-electron chi connectivity index (χ0n) is 15.1. The zero-order valence-corrected chi connectivity index (χ0v) is 15.1. The normalized spacial score (nSPS) is 14.7. The topological polar surface area (TPSA) is 78.3 Å². The van der Waals surface area contributed by atoms with Gasteiger partial charge in [0, 0.05) is 24.2 Å². The van der Waals surface area contributed by atoms with Crippen LogP contribution in [0.15, 0.2) is 48.5 Å². The molecule has 1 saturated heterocycles. The van der Waals surface area contributed by atoms with Crippen molar-refractivity contribution in [3.63, 3.8) is 0 Å². The van der Waals surface area contributed by atoms with E-state index in [-0.39, 0.29) is 5.56 Å². The largest absolute Gasteiger partial charge is 0.478 e. The molecule has 2 N–H and O–H groups in total. The van der Waals surface area contributed by atoms with Crippen LogP contribution in [-0.2, 0) is 0 Å². The van der Waals surface area contributed by atoms with Gasteiger partial charge in [-0.2, -0.15) is 4.98 Å². The van der Waals surface area contributed by atoms with Gasteiger partial charge in [-0.15, -0.1) is 0 Å². The van der Waals surface area contributed by atoms with Crippen LogP contribution in [0, 0.1) is 0 Å². The molecule has 4 rings (SSSR count). The van der Waals surface area contributed by atoms with E-state index in [1.165, 1.54) is 25.7 Å². The van der Waals surface area contributed by atoms with Crippen molar-refractivity contribution in [3.05, 3.63) is 54.1 Å². The first-order valence-electron chi connectivity index (χ1n) is 9.33. The lowest BCUT2D eigenvalue weighted by molar-refractivity contribution is 0.0697. The quantitative estimate of drug-likeness (QED) is 0.714. The summed E-state index contributed by atoms with van der Waals surface area (Å²) in [5.74, 6) is 0.551. The van der Waals surface area contributed by atoms with Gasteiger partial charge in [-0.3, -0.25) is 0 Å². The number of aromatic nitrogens is 2. The van der Waals surface area contributed by atoms with Crippen molar-refractivity contribution in [2.45, 2.75) is 25.7 Å². The molecule has 27 heavy (non-hydrogen) atoms. The third-order valence-electron chi connectivity index (χ3n) is 4.88. The summed E-state index contributed by atoms with van der Waals surface area (Å²) in [6, 6.07) is 14.7. The van der Waals surface area contributed by atoms with Crippen molar-refractivity contribution in [1.29, 1.82) is 0 Å². The van der Waals surface area contributed by atoms with Gasteiger partial charge in [-0.1, -0.05) is 25.0 Å². The van der Waals surface area contributed by atoms with Crippen LogP contribution >= 0.6 is 0 Å². The number of fused-ring (bicyclic) bond motifs is 1. The van der Waals surface area contributed by atoms with Gasteiger partial charge in [-0.25, -0.2) is 9.78 Å². The number of hydrogen-bond acceptors (Lipinski definition) is 5. The number of nitrogens with one attached hydrogen (secondary N) is 1. The van der Waals surface area contributed by atoms with Crippen LogP contribution in [-0.4, -0.2) is 34.1 Å². The Balaban J connectivity index is 1.69. The van der Waals surface area contributed by atoms with Crippen molar-refractivity contribution in [1.82, 2.24) is 9.97 Å². The molecule has 2 heterocycles. The molecular weight excluding hydrogens is 340 g/mol. The second kappa shape index (κ2) is 7.61. The van der Waals surface area contributed by atoms with Crippen LogP contribution in [0.5, 0.6) is 0 Å². The summed E-state index contributed by atoms with van der Waals surface area (Å²) in [4.78, 5) is 22.8. The Morgan fingerprint density at radius 2 is 1.63 bits per heavy atom. The Kier molecular flexibility index (Phi) is 4.87. The number of para-hydroxylation sites is 1. The van der Waals surface area contributed by atoms with Gasteiger partial charge >= 0.3 is 5.97 Å². The Bertz CT molecular complexity index is 948. The molecule has 0 amide bonds. The first-order chi connectivity index (χ1) is 13.2. The molecule has 2 aromatic carbocycles. The summed E-state index contributed by atoms with van der Waals surface area (Å²) >= 11 is 0. The summed E-state index contributed by atoms with van der Waals surface area (Å²) in [5, 5.41) is 13.3. The lowest BCUT2D eigenvalue weighted by atomic mass is 10.2. The van der Waals surface area contributed by atoms with E-state index >= 15 is 0 Å². The highest BCUT2D eigenvalue weighted by Gasteiger charge is 2.16. The van der Waals surface area contributed by atoms with Gasteiger partial charge in [0.25, 0.3) is 0 Å². The maximum atomic E-state index is 11.0. The fourth-order valence-corrected chi connectivity index (χ4v) is 3.46. The fraction of sp³-hybridized carbons (Fsp3) is 0.286. The lowest BCUT2D eigenvalue weighted by Gasteiger charge is -2.23. The maximum Gasteiger partial charge on any atom is 0.335 e. The highest BCUT2D eigenvalue weighted by Crippen LogP contribution is 2.28. The van der Waals surface area contributed by atoms with Gasteiger partial charge in [0.05, 0.1) is 11.1 Å². The van der Waals surface area contributed by atoms with Gasteiger partial charge in [0.2, 0.25) is 5.95 Å². The molecule has 0 unspecified atom stereocenters. The number of carboxylic acid groups (broad SMARTS) is 1. The van der Waals surface area contributed by atoms with Gasteiger partial charge in [-0.05, 0) is 49.2 Å². The molecule has 0 aliphatic carbocycles. The van der Waals surface area contributed by atoms with E-state index in [4.69, 9.17) is 10.1 Å². The SMILES string of the molecule is O=C(O)c1ccc(Nc2nc(N3CCCCCC3)c3ccccc3n2)cc1. The van der Waals surface area contributed by atoms with E-state index < -0.39 is 5.97 Å². The van der Waals surface area contributed by atoms with Crippen molar-refractivity contribution in [2.75, 3.05) is 23.3 Å². The van der Waals surface area contributed by atoms with E-state index in [1.54, 1.807) is 24.3 Å². The molecule has 1 aliphatic rings. The zero-order chi connectivity index (χ0) is 18.6. The van der Waals surface area contributed by atoms with E-state index in [1.807, 2.05) is 18.2 Å². The van der Waals surface area contributed by atoms with E-state index in [9.17, 15) is 4.79 Å². The summed E-state index contributed by atoms with van der Waals surface area (Å²) in [5.41, 5.74) is 1.92. The van der Waals surface area contributed by atoms with Crippen molar-refractivity contribution >= 4 is 34.3 Å². The van der Waals surface area contributed by atoms with Crippen LogP contribution in [0.3, 0.4) is 0 Å². The van der Waals surface area contributed by atoms with Crippen LogP contribution in [0.1, 0.15) is 36.0 Å². The van der Waals surface area contributed by atoms with Crippen molar-refractivity contribution in [3.8, 4) is 0 Å². The molecule has 0 saturated carbocycles. The molecule has 3 aromatic rings. The minimum Gasteiger partial charge on any atom is -0.478 e. The number of benzene rings is 2. The first-order valence-corrected chi connectivity index (χ1v) is 9.33.